The van der Waals surface area contributed by atoms with Gasteiger partial charge in [-0.25, -0.2) is 0 Å². The lowest BCUT2D eigenvalue weighted by Crippen LogP contribution is -2.52. The molecule has 2 saturated heterocycles. The van der Waals surface area contributed by atoms with Crippen LogP contribution in [-0.4, -0.2) is 72.8 Å². The van der Waals surface area contributed by atoms with E-state index >= 15 is 0 Å². The molecule has 0 saturated carbocycles. The van der Waals surface area contributed by atoms with Crippen LogP contribution in [0.2, 0.25) is 0 Å². The van der Waals surface area contributed by atoms with E-state index < -0.39 is 6.04 Å². The van der Waals surface area contributed by atoms with Gasteiger partial charge in [-0.2, -0.15) is 0 Å². The number of piperidine rings is 1. The van der Waals surface area contributed by atoms with Gasteiger partial charge in [-0.3, -0.25) is 24.6 Å². The van der Waals surface area contributed by atoms with Gasteiger partial charge < -0.3 is 15.5 Å². The van der Waals surface area contributed by atoms with Gasteiger partial charge in [-0.15, -0.1) is 0 Å². The second-order valence-electron chi connectivity index (χ2n) is 7.66. The van der Waals surface area contributed by atoms with Crippen LogP contribution in [0.3, 0.4) is 0 Å². The molecule has 8 heteroatoms. The first-order chi connectivity index (χ1) is 13.6. The van der Waals surface area contributed by atoms with E-state index in [2.05, 4.69) is 20.9 Å². The number of nitrogens with one attached hydrogen (secondary N) is 3. The number of benzene rings is 1. The average molecular weight is 385 g/mol. The van der Waals surface area contributed by atoms with E-state index in [1.807, 2.05) is 18.2 Å². The predicted molar refractivity (Wildman–Crippen MR) is 104 cm³/mol. The molecule has 3 amide bonds. The van der Waals surface area contributed by atoms with Crippen LogP contribution in [0.25, 0.3) is 0 Å². The smallest absolute Gasteiger partial charge is 0.255 e. The van der Waals surface area contributed by atoms with Crippen LogP contribution in [0.4, 0.5) is 0 Å². The van der Waals surface area contributed by atoms with Crippen molar-refractivity contribution in [2.75, 3.05) is 39.3 Å². The van der Waals surface area contributed by atoms with Gasteiger partial charge in [0.25, 0.3) is 5.91 Å². The third kappa shape index (κ3) is 4.09. The summed E-state index contributed by atoms with van der Waals surface area (Å²) in [5, 5.41) is 9.14. The zero-order valence-electron chi connectivity index (χ0n) is 16.0. The Morgan fingerprint density at radius 1 is 1.14 bits per heavy atom. The highest BCUT2D eigenvalue weighted by Crippen LogP contribution is 2.28. The first kappa shape index (κ1) is 19.0. The maximum absolute atomic E-state index is 12.8. The molecular formula is C20H27N5O3. The molecule has 0 aromatic heterocycles. The number of carbonyl (C=O) groups is 3. The van der Waals surface area contributed by atoms with Gasteiger partial charge in [0.1, 0.15) is 6.04 Å². The van der Waals surface area contributed by atoms with Gasteiger partial charge in [0.05, 0.1) is 0 Å². The Balaban J connectivity index is 1.32. The van der Waals surface area contributed by atoms with Gasteiger partial charge in [-0.1, -0.05) is 12.1 Å². The van der Waals surface area contributed by atoms with Gasteiger partial charge in [0.15, 0.2) is 0 Å². The summed E-state index contributed by atoms with van der Waals surface area (Å²) in [6.07, 6.45) is 0.670. The van der Waals surface area contributed by atoms with Crippen molar-refractivity contribution in [2.45, 2.75) is 32.0 Å². The Morgan fingerprint density at radius 3 is 2.75 bits per heavy atom. The molecule has 0 aliphatic carbocycles. The topological polar surface area (TPSA) is 93.8 Å². The summed E-state index contributed by atoms with van der Waals surface area (Å²) in [5.74, 6) is -0.751. The normalized spacial score (nSPS) is 23.1. The van der Waals surface area contributed by atoms with Crippen LogP contribution in [0.5, 0.6) is 0 Å². The van der Waals surface area contributed by atoms with Crippen LogP contribution in [0.15, 0.2) is 18.2 Å². The number of rotatable bonds is 6. The van der Waals surface area contributed by atoms with Crippen molar-refractivity contribution in [3.05, 3.63) is 34.9 Å². The first-order valence-electron chi connectivity index (χ1n) is 10.0. The quantitative estimate of drug-likeness (QED) is 0.449. The molecule has 0 spiro atoms. The van der Waals surface area contributed by atoms with E-state index in [1.54, 1.807) is 4.90 Å². The number of nitrogens with zero attached hydrogens (tertiary/aromatic N) is 2. The molecule has 150 valence electrons. The fourth-order valence-corrected chi connectivity index (χ4v) is 4.12. The maximum Gasteiger partial charge on any atom is 0.255 e. The Bertz CT molecular complexity index is 775. The maximum atomic E-state index is 12.8. The van der Waals surface area contributed by atoms with Crippen molar-refractivity contribution >= 4 is 17.7 Å². The lowest BCUT2D eigenvalue weighted by Gasteiger charge is -2.29. The van der Waals surface area contributed by atoms with Gasteiger partial charge in [0.2, 0.25) is 11.8 Å². The molecule has 2 fully saturated rings. The second-order valence-corrected chi connectivity index (χ2v) is 7.66. The number of hydrogen-bond donors (Lipinski definition) is 3. The summed E-state index contributed by atoms with van der Waals surface area (Å²) in [5.41, 5.74) is 2.68. The molecule has 3 aliphatic rings. The summed E-state index contributed by atoms with van der Waals surface area (Å²) in [7, 11) is 0. The van der Waals surface area contributed by atoms with E-state index in [0.717, 1.165) is 50.4 Å². The minimum Gasteiger partial charge on any atom is -0.322 e. The standard InChI is InChI=1S/C20H27N5O3/c26-18-4-3-17(19(27)23-18)25-13-15-2-1-14(11-16(15)20(25)28)12-22-7-10-24-8-5-21-6-9-24/h1-2,11,17,21-22H,3-10,12-13H2,(H,23,26,27). The van der Waals surface area contributed by atoms with Crippen LogP contribution < -0.4 is 16.0 Å². The molecule has 1 atom stereocenters. The number of piperazine rings is 1. The van der Waals surface area contributed by atoms with Crippen molar-refractivity contribution < 1.29 is 14.4 Å². The van der Waals surface area contributed by atoms with Crippen molar-refractivity contribution in [3.8, 4) is 0 Å². The van der Waals surface area contributed by atoms with E-state index in [4.69, 9.17) is 0 Å². The zero-order chi connectivity index (χ0) is 19.5. The molecule has 1 aromatic carbocycles. The van der Waals surface area contributed by atoms with Crippen molar-refractivity contribution in [1.82, 2.24) is 25.8 Å². The number of hydrogen-bond acceptors (Lipinski definition) is 6. The monoisotopic (exact) mass is 385 g/mol. The number of amides is 3. The summed E-state index contributed by atoms with van der Waals surface area (Å²) in [6.45, 7) is 7.36. The summed E-state index contributed by atoms with van der Waals surface area (Å²) >= 11 is 0. The number of carbonyl (C=O) groups excluding carboxylic acids is 3. The average Bonchev–Trinajstić information content (AvgIpc) is 3.02. The summed E-state index contributed by atoms with van der Waals surface area (Å²) in [4.78, 5) is 40.3. The van der Waals surface area contributed by atoms with E-state index in [0.29, 0.717) is 25.1 Å². The lowest BCUT2D eigenvalue weighted by molar-refractivity contribution is -0.136. The Hall–Kier alpha value is -2.29. The third-order valence-corrected chi connectivity index (χ3v) is 5.74. The first-order valence-corrected chi connectivity index (χ1v) is 10.0. The predicted octanol–water partition coefficient (Wildman–Crippen LogP) is -0.558. The fourth-order valence-electron chi connectivity index (χ4n) is 4.12. The summed E-state index contributed by atoms with van der Waals surface area (Å²) < 4.78 is 0. The molecule has 0 radical (unpaired) electrons. The van der Waals surface area contributed by atoms with Gasteiger partial charge in [-0.05, 0) is 23.6 Å². The molecule has 1 aromatic rings. The van der Waals surface area contributed by atoms with Crippen molar-refractivity contribution in [1.29, 1.82) is 0 Å². The van der Waals surface area contributed by atoms with Crippen molar-refractivity contribution in [2.24, 2.45) is 0 Å². The highest BCUT2D eigenvalue weighted by atomic mass is 16.2. The second kappa shape index (κ2) is 8.38. The van der Waals surface area contributed by atoms with Crippen LogP contribution in [-0.2, 0) is 22.7 Å². The molecule has 1 unspecified atom stereocenters. The molecule has 28 heavy (non-hydrogen) atoms. The minimum atomic E-state index is -0.557. The van der Waals surface area contributed by atoms with Crippen LogP contribution in [0, 0.1) is 0 Å². The lowest BCUT2D eigenvalue weighted by atomic mass is 10.0. The Morgan fingerprint density at radius 2 is 1.96 bits per heavy atom. The number of fused-ring (bicyclic) bond motifs is 1. The highest BCUT2D eigenvalue weighted by molar-refractivity contribution is 6.05. The molecule has 4 rings (SSSR count). The number of imide groups is 1. The molecule has 0 bridgehead atoms. The molecule has 3 aliphatic heterocycles. The zero-order valence-corrected chi connectivity index (χ0v) is 16.0. The SMILES string of the molecule is O=C1CCC(N2Cc3ccc(CNCCN4CCNCC4)cc3C2=O)C(=O)N1. The highest BCUT2D eigenvalue weighted by Gasteiger charge is 2.39. The van der Waals surface area contributed by atoms with E-state index in [1.165, 1.54) is 0 Å². The Kier molecular flexibility index (Phi) is 5.70. The van der Waals surface area contributed by atoms with Crippen molar-refractivity contribution in [3.63, 3.8) is 0 Å². The molecule has 3 N–H and O–H groups in total. The summed E-state index contributed by atoms with van der Waals surface area (Å²) in [6, 6.07) is 5.39. The molecule has 3 heterocycles. The Labute approximate surface area is 164 Å². The fraction of sp³-hybridized carbons (Fsp3) is 0.550. The van der Waals surface area contributed by atoms with Gasteiger partial charge in [0, 0.05) is 64.3 Å². The molecular weight excluding hydrogens is 358 g/mol. The van der Waals surface area contributed by atoms with Gasteiger partial charge >= 0.3 is 0 Å². The molecule has 8 nitrogen and oxygen atoms in total. The minimum absolute atomic E-state index is 0.118. The van der Waals surface area contributed by atoms with Crippen LogP contribution in [0.1, 0.15) is 34.3 Å². The van der Waals surface area contributed by atoms with Crippen LogP contribution >= 0.6 is 0 Å². The van der Waals surface area contributed by atoms with E-state index in [9.17, 15) is 14.4 Å². The third-order valence-electron chi connectivity index (χ3n) is 5.74. The largest absolute Gasteiger partial charge is 0.322 e. The van der Waals surface area contributed by atoms with E-state index in [-0.39, 0.29) is 24.1 Å².